The molecule has 1 aliphatic heterocycles. The van der Waals surface area contributed by atoms with Crippen LogP contribution in [0.15, 0.2) is 18.2 Å². The second-order valence-electron chi connectivity index (χ2n) is 5.19. The number of benzene rings is 1. The maximum absolute atomic E-state index is 11.9. The van der Waals surface area contributed by atoms with Gasteiger partial charge in [-0.2, -0.15) is 0 Å². The van der Waals surface area contributed by atoms with Crippen molar-refractivity contribution in [3.05, 3.63) is 23.8 Å². The van der Waals surface area contributed by atoms with Crippen LogP contribution in [0.4, 0.5) is 20.2 Å². The molecule has 1 aromatic carbocycles. The van der Waals surface area contributed by atoms with Crippen LogP contribution in [0.3, 0.4) is 0 Å². The molecular weight excluding hydrogens is 278 g/mol. The Bertz CT molecular complexity index is 495. The number of fused-ring (bicyclic) bond motifs is 1. The molecule has 0 aliphatic carbocycles. The van der Waals surface area contributed by atoms with E-state index in [0.29, 0.717) is 6.04 Å². The number of hydrogen-bond acceptors (Lipinski definition) is 3. The van der Waals surface area contributed by atoms with Crippen LogP contribution in [0, 0.1) is 0 Å². The monoisotopic (exact) mass is 298 g/mol. The molecule has 0 radical (unpaired) electrons. The van der Waals surface area contributed by atoms with Crippen molar-refractivity contribution in [1.82, 2.24) is 0 Å². The minimum absolute atomic E-state index is 0.00493. The number of aryl methyl sites for hydroxylation is 1. The number of carbonyl (C=O) groups excluding carboxylic acids is 1. The summed E-state index contributed by atoms with van der Waals surface area (Å²) in [5, 5.41) is 6.18. The quantitative estimate of drug-likeness (QED) is 0.794. The summed E-state index contributed by atoms with van der Waals surface area (Å²) in [5.41, 5.74) is 2.87. The first-order valence-electron chi connectivity index (χ1n) is 7.10. The van der Waals surface area contributed by atoms with E-state index in [9.17, 15) is 13.6 Å². The molecule has 1 heterocycles. The highest BCUT2D eigenvalue weighted by Gasteiger charge is 2.17. The summed E-state index contributed by atoms with van der Waals surface area (Å²) in [5.74, 6) is -0.238. The van der Waals surface area contributed by atoms with Crippen LogP contribution in [-0.4, -0.2) is 31.6 Å². The highest BCUT2D eigenvalue weighted by molar-refractivity contribution is 5.95. The zero-order chi connectivity index (χ0) is 15.2. The van der Waals surface area contributed by atoms with Crippen molar-refractivity contribution in [2.45, 2.75) is 38.7 Å². The molecule has 1 unspecified atom stereocenters. The lowest BCUT2D eigenvalue weighted by Gasteiger charge is -2.26. The Labute approximate surface area is 122 Å². The molecule has 0 bridgehead atoms. The SMILES string of the molecule is CC1CCc2cccc(NC(=O)CCOCC(F)F)c2N1. The van der Waals surface area contributed by atoms with Gasteiger partial charge in [-0.15, -0.1) is 0 Å². The Morgan fingerprint density at radius 2 is 2.33 bits per heavy atom. The van der Waals surface area contributed by atoms with E-state index in [4.69, 9.17) is 4.74 Å². The maximum Gasteiger partial charge on any atom is 0.261 e. The molecule has 0 fully saturated rings. The van der Waals surface area contributed by atoms with E-state index in [0.717, 1.165) is 24.2 Å². The molecule has 0 aromatic heterocycles. The van der Waals surface area contributed by atoms with Crippen molar-refractivity contribution in [2.75, 3.05) is 23.8 Å². The first kappa shape index (κ1) is 15.7. The Balaban J connectivity index is 1.89. The molecule has 1 amide bonds. The molecule has 1 aromatic rings. The summed E-state index contributed by atoms with van der Waals surface area (Å²) in [6.45, 7) is 1.46. The minimum atomic E-state index is -2.50. The van der Waals surface area contributed by atoms with Crippen LogP contribution in [0.2, 0.25) is 0 Å². The average Bonchev–Trinajstić information content (AvgIpc) is 2.44. The number of halogens is 2. The predicted molar refractivity (Wildman–Crippen MR) is 77.9 cm³/mol. The van der Waals surface area contributed by atoms with Gasteiger partial charge in [-0.05, 0) is 31.4 Å². The van der Waals surface area contributed by atoms with E-state index < -0.39 is 13.0 Å². The van der Waals surface area contributed by atoms with Crippen LogP contribution < -0.4 is 10.6 Å². The highest BCUT2D eigenvalue weighted by atomic mass is 19.3. The largest absolute Gasteiger partial charge is 0.381 e. The standard InChI is InChI=1S/C15H20F2N2O2/c1-10-5-6-11-3-2-4-12(15(11)18-10)19-14(20)7-8-21-9-13(16)17/h2-4,10,13,18H,5-9H2,1H3,(H,19,20). The number of hydrogen-bond donors (Lipinski definition) is 2. The molecule has 6 heteroatoms. The van der Waals surface area contributed by atoms with E-state index in [1.54, 1.807) is 0 Å². The van der Waals surface area contributed by atoms with Crippen molar-refractivity contribution < 1.29 is 18.3 Å². The van der Waals surface area contributed by atoms with Gasteiger partial charge in [0.2, 0.25) is 5.91 Å². The predicted octanol–water partition coefficient (Wildman–Crippen LogP) is 3.04. The second-order valence-corrected chi connectivity index (χ2v) is 5.19. The third-order valence-corrected chi connectivity index (χ3v) is 3.38. The van der Waals surface area contributed by atoms with E-state index in [1.807, 2.05) is 18.2 Å². The number of carbonyl (C=O) groups is 1. The lowest BCUT2D eigenvalue weighted by Crippen LogP contribution is -2.24. The smallest absolute Gasteiger partial charge is 0.261 e. The molecule has 0 saturated heterocycles. The summed E-state index contributed by atoms with van der Waals surface area (Å²) in [6.07, 6.45) is -0.400. The number of ether oxygens (including phenoxy) is 1. The number of alkyl halides is 2. The number of nitrogens with one attached hydrogen (secondary N) is 2. The topological polar surface area (TPSA) is 50.4 Å². The summed E-state index contributed by atoms with van der Waals surface area (Å²) >= 11 is 0. The molecule has 2 N–H and O–H groups in total. The second kappa shape index (κ2) is 7.36. The summed E-state index contributed by atoms with van der Waals surface area (Å²) in [6, 6.07) is 6.14. The normalized spacial score (nSPS) is 17.2. The van der Waals surface area contributed by atoms with Crippen molar-refractivity contribution in [2.24, 2.45) is 0 Å². The van der Waals surface area contributed by atoms with Crippen molar-refractivity contribution in [3.63, 3.8) is 0 Å². The maximum atomic E-state index is 11.9. The van der Waals surface area contributed by atoms with Gasteiger partial charge in [-0.1, -0.05) is 12.1 Å². The molecule has 1 atom stereocenters. The van der Waals surface area contributed by atoms with E-state index in [1.165, 1.54) is 5.56 Å². The summed E-state index contributed by atoms with van der Waals surface area (Å²) in [7, 11) is 0. The molecule has 2 rings (SSSR count). The minimum Gasteiger partial charge on any atom is -0.381 e. The molecule has 0 spiro atoms. The summed E-state index contributed by atoms with van der Waals surface area (Å²) in [4.78, 5) is 11.8. The van der Waals surface area contributed by atoms with Gasteiger partial charge in [0.15, 0.2) is 0 Å². The molecule has 21 heavy (non-hydrogen) atoms. The highest BCUT2D eigenvalue weighted by Crippen LogP contribution is 2.32. The molecule has 0 saturated carbocycles. The number of rotatable bonds is 6. The van der Waals surface area contributed by atoms with Gasteiger partial charge < -0.3 is 15.4 Å². The van der Waals surface area contributed by atoms with Gasteiger partial charge in [0.25, 0.3) is 6.43 Å². The lowest BCUT2D eigenvalue weighted by atomic mass is 9.98. The molecular formula is C15H20F2N2O2. The average molecular weight is 298 g/mol. The van der Waals surface area contributed by atoms with E-state index >= 15 is 0 Å². The third kappa shape index (κ3) is 4.67. The van der Waals surface area contributed by atoms with Crippen LogP contribution in [0.1, 0.15) is 25.3 Å². The van der Waals surface area contributed by atoms with Gasteiger partial charge in [0.1, 0.15) is 6.61 Å². The van der Waals surface area contributed by atoms with Gasteiger partial charge >= 0.3 is 0 Å². The van der Waals surface area contributed by atoms with Crippen molar-refractivity contribution >= 4 is 17.3 Å². The third-order valence-electron chi connectivity index (χ3n) is 3.38. The van der Waals surface area contributed by atoms with Crippen LogP contribution in [0.25, 0.3) is 0 Å². The molecule has 116 valence electrons. The van der Waals surface area contributed by atoms with Crippen LogP contribution >= 0.6 is 0 Å². The first-order valence-corrected chi connectivity index (χ1v) is 7.10. The zero-order valence-electron chi connectivity index (χ0n) is 12.0. The van der Waals surface area contributed by atoms with Gasteiger partial charge in [0, 0.05) is 6.04 Å². The number of anilines is 2. The fourth-order valence-electron chi connectivity index (χ4n) is 2.32. The first-order chi connectivity index (χ1) is 10.1. The summed E-state index contributed by atoms with van der Waals surface area (Å²) < 4.78 is 28.5. The van der Waals surface area contributed by atoms with Crippen molar-refractivity contribution in [1.29, 1.82) is 0 Å². The van der Waals surface area contributed by atoms with Crippen molar-refractivity contribution in [3.8, 4) is 0 Å². The zero-order valence-corrected chi connectivity index (χ0v) is 12.0. The Hall–Kier alpha value is -1.69. The lowest BCUT2D eigenvalue weighted by molar-refractivity contribution is -0.117. The van der Waals surface area contributed by atoms with E-state index in [2.05, 4.69) is 17.6 Å². The molecule has 4 nitrogen and oxygen atoms in total. The number of amides is 1. The van der Waals surface area contributed by atoms with E-state index in [-0.39, 0.29) is 18.9 Å². The van der Waals surface area contributed by atoms with Gasteiger partial charge in [-0.3, -0.25) is 4.79 Å². The Morgan fingerprint density at radius 3 is 3.10 bits per heavy atom. The Kier molecular flexibility index (Phi) is 5.50. The van der Waals surface area contributed by atoms with Crippen LogP contribution in [0.5, 0.6) is 0 Å². The van der Waals surface area contributed by atoms with Crippen LogP contribution in [-0.2, 0) is 16.0 Å². The Morgan fingerprint density at radius 1 is 1.52 bits per heavy atom. The number of para-hydroxylation sites is 1. The fourth-order valence-corrected chi connectivity index (χ4v) is 2.32. The van der Waals surface area contributed by atoms with Gasteiger partial charge in [-0.25, -0.2) is 8.78 Å². The van der Waals surface area contributed by atoms with Gasteiger partial charge in [0.05, 0.1) is 24.4 Å². The fraction of sp³-hybridized carbons (Fsp3) is 0.533. The molecule has 1 aliphatic rings.